The number of piperazine rings is 1. The van der Waals surface area contributed by atoms with Crippen LogP contribution in [0.3, 0.4) is 0 Å². The van der Waals surface area contributed by atoms with Gasteiger partial charge in [0.1, 0.15) is 5.75 Å². The van der Waals surface area contributed by atoms with E-state index in [-0.39, 0.29) is 12.8 Å². The van der Waals surface area contributed by atoms with Gasteiger partial charge in [0.25, 0.3) is 0 Å². The normalized spacial score (nSPS) is 17.5. The highest BCUT2D eigenvalue weighted by atomic mass is 79.9. The number of nitrogens with zero attached hydrogens (tertiary/aromatic N) is 6. The third-order valence-electron chi connectivity index (χ3n) is 5.46. The molecule has 0 amide bonds. The van der Waals surface area contributed by atoms with E-state index in [0.29, 0.717) is 0 Å². The number of anilines is 3. The van der Waals surface area contributed by atoms with Gasteiger partial charge >= 0.3 is 0 Å². The van der Waals surface area contributed by atoms with E-state index in [9.17, 15) is 0 Å². The average Bonchev–Trinajstić information content (AvgIpc) is 2.82. The first-order chi connectivity index (χ1) is 15.2. The molecule has 1 N–H and O–H groups in total. The minimum atomic E-state index is 0.180. The summed E-state index contributed by atoms with van der Waals surface area (Å²) in [5.41, 5.74) is 2.71. The molecule has 1 fully saturated rings. The number of halogens is 1. The second kappa shape index (κ2) is 8.64. The zero-order valence-electron chi connectivity index (χ0n) is 17.0. The van der Waals surface area contributed by atoms with Crippen LogP contribution in [-0.4, -0.2) is 66.3 Å². The first kappa shape index (κ1) is 20.0. The van der Waals surface area contributed by atoms with Gasteiger partial charge in [0.15, 0.2) is 12.6 Å². The fraction of sp³-hybridized carbons (Fsp3) is 0.333. The largest absolute Gasteiger partial charge is 0.467 e. The van der Waals surface area contributed by atoms with Gasteiger partial charge in [0.2, 0.25) is 5.95 Å². The Bertz CT molecular complexity index is 1070. The molecule has 2 aliphatic heterocycles. The number of rotatable bonds is 5. The van der Waals surface area contributed by atoms with Crippen molar-refractivity contribution >= 4 is 33.4 Å². The molecule has 0 unspecified atom stereocenters. The van der Waals surface area contributed by atoms with Crippen molar-refractivity contribution in [2.24, 2.45) is 0 Å². The summed E-state index contributed by atoms with van der Waals surface area (Å²) in [5.74, 6) is 2.28. The number of fused-ring (bicyclic) bond motifs is 3. The Morgan fingerprint density at radius 3 is 2.84 bits per heavy atom. The van der Waals surface area contributed by atoms with Gasteiger partial charge < -0.3 is 24.6 Å². The summed E-state index contributed by atoms with van der Waals surface area (Å²) in [5, 5.41) is 12.3. The molecular weight excluding hydrogens is 462 g/mol. The van der Waals surface area contributed by atoms with Gasteiger partial charge in [-0.05, 0) is 34.1 Å². The molecule has 0 aliphatic carbocycles. The van der Waals surface area contributed by atoms with Crippen LogP contribution in [0.4, 0.5) is 17.5 Å². The molecule has 9 nitrogen and oxygen atoms in total. The number of methoxy groups -OCH3 is 1. The van der Waals surface area contributed by atoms with E-state index < -0.39 is 0 Å². The molecule has 0 radical (unpaired) electrons. The molecule has 5 rings (SSSR count). The van der Waals surface area contributed by atoms with Crippen molar-refractivity contribution in [1.82, 2.24) is 20.2 Å². The third-order valence-corrected chi connectivity index (χ3v) is 5.87. The highest BCUT2D eigenvalue weighted by molar-refractivity contribution is 9.10. The summed E-state index contributed by atoms with van der Waals surface area (Å²) >= 11 is 3.40. The molecule has 10 heteroatoms. The van der Waals surface area contributed by atoms with E-state index in [1.807, 2.05) is 24.3 Å². The van der Waals surface area contributed by atoms with Gasteiger partial charge in [-0.25, -0.2) is 9.97 Å². The van der Waals surface area contributed by atoms with Crippen LogP contribution in [0.5, 0.6) is 5.75 Å². The fourth-order valence-corrected chi connectivity index (χ4v) is 4.20. The molecule has 2 aliphatic rings. The standard InChI is InChI=1S/C21H22BrN7O2/c1-30-13-31-19-5-3-2-4-16(19)17-8-18-20(27-26-17)23-11-15-12-28(6-7-29(15)18)21-24-9-14(22)10-25-21/h2-5,8-10,15H,6-7,11-13H2,1H3,(H,23,27)/t15-/m0/s1. The van der Waals surface area contributed by atoms with Gasteiger partial charge in [-0.3, -0.25) is 0 Å². The van der Waals surface area contributed by atoms with Crippen molar-refractivity contribution in [3.8, 4) is 17.0 Å². The van der Waals surface area contributed by atoms with Crippen LogP contribution in [0.1, 0.15) is 0 Å². The van der Waals surface area contributed by atoms with Crippen LogP contribution in [-0.2, 0) is 4.74 Å². The number of aromatic nitrogens is 4. The number of nitrogens with one attached hydrogen (secondary N) is 1. The van der Waals surface area contributed by atoms with Crippen LogP contribution in [0.25, 0.3) is 11.3 Å². The van der Waals surface area contributed by atoms with Crippen molar-refractivity contribution in [2.75, 3.05) is 55.2 Å². The molecule has 3 aromatic rings. The maximum Gasteiger partial charge on any atom is 0.225 e. The van der Waals surface area contributed by atoms with Gasteiger partial charge in [-0.15, -0.1) is 10.2 Å². The van der Waals surface area contributed by atoms with E-state index in [1.54, 1.807) is 19.5 Å². The highest BCUT2D eigenvalue weighted by Gasteiger charge is 2.33. The average molecular weight is 484 g/mol. The number of benzene rings is 1. The topological polar surface area (TPSA) is 88.5 Å². The van der Waals surface area contributed by atoms with Gasteiger partial charge in [0.05, 0.1) is 21.9 Å². The Kier molecular flexibility index (Phi) is 5.56. The summed E-state index contributed by atoms with van der Waals surface area (Å²) in [7, 11) is 1.60. The van der Waals surface area contributed by atoms with Crippen molar-refractivity contribution in [1.29, 1.82) is 0 Å². The Morgan fingerprint density at radius 1 is 1.16 bits per heavy atom. The Hall–Kier alpha value is -2.98. The molecule has 0 spiro atoms. The highest BCUT2D eigenvalue weighted by Crippen LogP contribution is 2.36. The Balaban J connectivity index is 1.41. The molecule has 2 aromatic heterocycles. The minimum Gasteiger partial charge on any atom is -0.467 e. The summed E-state index contributed by atoms with van der Waals surface area (Å²) in [6.45, 7) is 3.49. The number of ether oxygens (including phenoxy) is 2. The predicted octanol–water partition coefficient (Wildman–Crippen LogP) is 2.80. The van der Waals surface area contributed by atoms with Gasteiger partial charge in [-0.1, -0.05) is 12.1 Å². The molecule has 0 saturated carbocycles. The van der Waals surface area contributed by atoms with Crippen LogP contribution in [0.15, 0.2) is 47.2 Å². The van der Waals surface area contributed by atoms with Crippen LogP contribution in [0, 0.1) is 0 Å². The monoisotopic (exact) mass is 483 g/mol. The lowest BCUT2D eigenvalue weighted by Crippen LogP contribution is -2.58. The minimum absolute atomic E-state index is 0.180. The van der Waals surface area contributed by atoms with E-state index >= 15 is 0 Å². The number of hydrogen-bond donors (Lipinski definition) is 1. The van der Waals surface area contributed by atoms with Crippen molar-refractivity contribution in [2.45, 2.75) is 6.04 Å². The lowest BCUT2D eigenvalue weighted by atomic mass is 10.1. The van der Waals surface area contributed by atoms with Crippen molar-refractivity contribution in [3.05, 3.63) is 47.2 Å². The summed E-state index contributed by atoms with van der Waals surface area (Å²) < 4.78 is 11.7. The third kappa shape index (κ3) is 4.00. The molecular formula is C21H22BrN7O2. The summed E-state index contributed by atoms with van der Waals surface area (Å²) in [4.78, 5) is 13.5. The molecule has 4 heterocycles. The zero-order valence-corrected chi connectivity index (χ0v) is 18.6. The Labute approximate surface area is 188 Å². The SMILES string of the molecule is COCOc1ccccc1-c1cc2c(nn1)NC[C@H]1CN(c3ncc(Br)cn3)CCN21. The smallest absolute Gasteiger partial charge is 0.225 e. The molecule has 1 aromatic carbocycles. The fourth-order valence-electron chi connectivity index (χ4n) is 4.00. The molecule has 1 saturated heterocycles. The number of hydrogen-bond acceptors (Lipinski definition) is 9. The van der Waals surface area contributed by atoms with Crippen LogP contribution in [0.2, 0.25) is 0 Å². The van der Waals surface area contributed by atoms with E-state index in [0.717, 1.165) is 65.1 Å². The quantitative estimate of drug-likeness (QED) is 0.550. The van der Waals surface area contributed by atoms with E-state index in [2.05, 4.69) is 57.3 Å². The van der Waals surface area contributed by atoms with E-state index in [4.69, 9.17) is 9.47 Å². The van der Waals surface area contributed by atoms with Gasteiger partial charge in [-0.2, -0.15) is 0 Å². The molecule has 31 heavy (non-hydrogen) atoms. The van der Waals surface area contributed by atoms with Crippen LogP contribution < -0.4 is 19.9 Å². The van der Waals surface area contributed by atoms with Gasteiger partial charge in [0, 0.05) is 51.2 Å². The molecule has 0 bridgehead atoms. The lowest BCUT2D eigenvalue weighted by Gasteiger charge is -2.45. The molecule has 1 atom stereocenters. The first-order valence-electron chi connectivity index (χ1n) is 10.0. The summed E-state index contributed by atoms with van der Waals surface area (Å²) in [6.07, 6.45) is 3.57. The van der Waals surface area contributed by atoms with Crippen LogP contribution >= 0.6 is 15.9 Å². The van der Waals surface area contributed by atoms with Crippen molar-refractivity contribution in [3.63, 3.8) is 0 Å². The Morgan fingerprint density at radius 2 is 2.00 bits per heavy atom. The maximum atomic E-state index is 5.72. The zero-order chi connectivity index (χ0) is 21.2. The molecule has 160 valence electrons. The van der Waals surface area contributed by atoms with Crippen molar-refractivity contribution < 1.29 is 9.47 Å². The second-order valence-corrected chi connectivity index (χ2v) is 8.30. The first-order valence-corrected chi connectivity index (χ1v) is 10.8. The summed E-state index contributed by atoms with van der Waals surface area (Å²) in [6, 6.07) is 10.2. The maximum absolute atomic E-state index is 5.72. The number of para-hydroxylation sites is 1. The lowest BCUT2D eigenvalue weighted by molar-refractivity contribution is 0.0515. The predicted molar refractivity (Wildman–Crippen MR) is 122 cm³/mol. The van der Waals surface area contributed by atoms with E-state index in [1.165, 1.54) is 0 Å². The second-order valence-electron chi connectivity index (χ2n) is 7.39.